The van der Waals surface area contributed by atoms with Crippen LogP contribution in [0.25, 0.3) is 0 Å². The van der Waals surface area contributed by atoms with Gasteiger partial charge in [-0.3, -0.25) is 0 Å². The fraction of sp³-hybridized carbons (Fsp3) is 0.952. The number of ether oxygens (including phenoxy) is 3. The van der Waals surface area contributed by atoms with Gasteiger partial charge in [0, 0.05) is 18.6 Å². The van der Waals surface area contributed by atoms with E-state index in [0.29, 0.717) is 31.9 Å². The molecule has 0 saturated heterocycles. The zero-order valence-electron chi connectivity index (χ0n) is 17.4. The molecule has 1 amide bonds. The van der Waals surface area contributed by atoms with Gasteiger partial charge in [0.2, 0.25) is 0 Å². The molecule has 4 fully saturated rings. The molecule has 0 aromatic rings. The fourth-order valence-electron chi connectivity index (χ4n) is 5.58. The summed E-state index contributed by atoms with van der Waals surface area (Å²) in [4.78, 5) is 11.5. The molecule has 156 valence electrons. The Labute approximate surface area is 164 Å². The van der Waals surface area contributed by atoms with Crippen molar-refractivity contribution in [1.82, 2.24) is 10.6 Å². The molecule has 27 heavy (non-hydrogen) atoms. The van der Waals surface area contributed by atoms with Crippen LogP contribution in [-0.2, 0) is 14.2 Å². The average Bonchev–Trinajstić information content (AvgIpc) is 2.53. The summed E-state index contributed by atoms with van der Waals surface area (Å²) >= 11 is 0. The van der Waals surface area contributed by atoms with E-state index < -0.39 is 11.7 Å². The normalized spacial score (nSPS) is 31.9. The lowest BCUT2D eigenvalue weighted by Gasteiger charge is -2.57. The zero-order valence-corrected chi connectivity index (χ0v) is 17.4. The van der Waals surface area contributed by atoms with Crippen molar-refractivity contribution in [2.45, 2.75) is 70.4 Å². The molecule has 0 aromatic heterocycles. The number of carbonyl (C=O) groups is 1. The lowest BCUT2D eigenvalue weighted by Crippen LogP contribution is -2.58. The number of hydrogen-bond acceptors (Lipinski definition) is 5. The van der Waals surface area contributed by atoms with Gasteiger partial charge >= 0.3 is 6.09 Å². The van der Waals surface area contributed by atoms with Gasteiger partial charge in [0.15, 0.2) is 0 Å². The fourth-order valence-corrected chi connectivity index (χ4v) is 5.58. The number of alkyl carbamates (subject to hydrolysis) is 1. The molecule has 4 rings (SSSR count). The summed E-state index contributed by atoms with van der Waals surface area (Å²) in [7, 11) is 0. The first-order valence-corrected chi connectivity index (χ1v) is 10.7. The Bertz CT molecular complexity index is 454. The maximum Gasteiger partial charge on any atom is 0.407 e. The molecule has 0 heterocycles. The summed E-state index contributed by atoms with van der Waals surface area (Å²) in [5, 5.41) is 6.52. The van der Waals surface area contributed by atoms with E-state index in [4.69, 9.17) is 14.2 Å². The number of rotatable bonds is 10. The van der Waals surface area contributed by atoms with E-state index in [-0.39, 0.29) is 0 Å². The smallest absolute Gasteiger partial charge is 0.407 e. The summed E-state index contributed by atoms with van der Waals surface area (Å²) in [6, 6.07) is 0. The van der Waals surface area contributed by atoms with Crippen molar-refractivity contribution in [3.63, 3.8) is 0 Å². The van der Waals surface area contributed by atoms with Crippen LogP contribution in [0.2, 0.25) is 0 Å². The van der Waals surface area contributed by atoms with Crippen molar-refractivity contribution in [1.29, 1.82) is 0 Å². The molecular weight excluding hydrogens is 344 g/mol. The van der Waals surface area contributed by atoms with E-state index >= 15 is 0 Å². The number of hydrogen-bond donors (Lipinski definition) is 2. The number of nitrogens with one attached hydrogen (secondary N) is 2. The quantitative estimate of drug-likeness (QED) is 0.568. The van der Waals surface area contributed by atoms with E-state index in [2.05, 4.69) is 10.6 Å². The van der Waals surface area contributed by atoms with E-state index in [1.54, 1.807) is 0 Å². The van der Waals surface area contributed by atoms with E-state index in [9.17, 15) is 4.79 Å². The van der Waals surface area contributed by atoms with Gasteiger partial charge in [0.1, 0.15) is 5.60 Å². The molecule has 2 N–H and O–H groups in total. The second-order valence-electron chi connectivity index (χ2n) is 9.78. The van der Waals surface area contributed by atoms with E-state index in [0.717, 1.165) is 30.9 Å². The third-order valence-electron chi connectivity index (χ3n) is 6.07. The lowest BCUT2D eigenvalue weighted by molar-refractivity contribution is -0.0243. The van der Waals surface area contributed by atoms with Gasteiger partial charge in [-0.1, -0.05) is 0 Å². The predicted octanol–water partition coefficient (Wildman–Crippen LogP) is 3.10. The lowest BCUT2D eigenvalue weighted by atomic mass is 9.53. The highest BCUT2D eigenvalue weighted by atomic mass is 16.6. The van der Waals surface area contributed by atoms with Crippen LogP contribution < -0.4 is 10.6 Å². The van der Waals surface area contributed by atoms with Crippen molar-refractivity contribution in [2.75, 3.05) is 39.5 Å². The Morgan fingerprint density at radius 3 is 1.93 bits per heavy atom. The number of carbonyl (C=O) groups excluding carboxylic acids is 1. The topological polar surface area (TPSA) is 68.8 Å². The van der Waals surface area contributed by atoms with Crippen LogP contribution in [0.15, 0.2) is 0 Å². The Morgan fingerprint density at radius 2 is 1.41 bits per heavy atom. The maximum atomic E-state index is 11.5. The Balaban J connectivity index is 1.15. The molecule has 6 heteroatoms. The van der Waals surface area contributed by atoms with Gasteiger partial charge < -0.3 is 24.8 Å². The zero-order chi connectivity index (χ0) is 19.3. The molecule has 0 spiro atoms. The van der Waals surface area contributed by atoms with Gasteiger partial charge in [-0.2, -0.15) is 0 Å². The maximum absolute atomic E-state index is 11.5. The first kappa shape index (κ1) is 20.9. The molecule has 4 bridgehead atoms. The molecule has 4 aliphatic rings. The first-order valence-electron chi connectivity index (χ1n) is 10.7. The Kier molecular flexibility index (Phi) is 7.03. The summed E-state index contributed by atoms with van der Waals surface area (Å²) < 4.78 is 16.3. The minimum absolute atomic E-state index is 0.405. The first-order chi connectivity index (χ1) is 12.8. The van der Waals surface area contributed by atoms with Crippen LogP contribution in [0, 0.1) is 17.8 Å². The average molecular weight is 383 g/mol. The summed E-state index contributed by atoms with van der Waals surface area (Å²) in [6.07, 6.45) is 8.19. The van der Waals surface area contributed by atoms with Gasteiger partial charge in [0.25, 0.3) is 0 Å². The predicted molar refractivity (Wildman–Crippen MR) is 105 cm³/mol. The third kappa shape index (κ3) is 6.61. The highest BCUT2D eigenvalue weighted by Gasteiger charge is 2.50. The van der Waals surface area contributed by atoms with Crippen molar-refractivity contribution in [3.05, 3.63) is 0 Å². The second-order valence-corrected chi connectivity index (χ2v) is 9.78. The molecule has 0 atom stereocenters. The van der Waals surface area contributed by atoms with Crippen LogP contribution >= 0.6 is 0 Å². The van der Waals surface area contributed by atoms with E-state index in [1.807, 2.05) is 20.8 Å². The molecule has 0 aliphatic heterocycles. The Morgan fingerprint density at radius 1 is 0.889 bits per heavy atom. The molecule has 0 radical (unpaired) electrons. The van der Waals surface area contributed by atoms with Gasteiger partial charge in [0.05, 0.1) is 26.4 Å². The largest absolute Gasteiger partial charge is 0.444 e. The highest BCUT2D eigenvalue weighted by Crippen LogP contribution is 2.55. The second kappa shape index (κ2) is 9.10. The molecule has 0 aromatic carbocycles. The third-order valence-corrected chi connectivity index (χ3v) is 6.07. The summed E-state index contributed by atoms with van der Waals surface area (Å²) in [5.41, 5.74) is -0.0507. The standard InChI is InChI=1S/C21H38N2O4/c1-20(2,3)27-19(24)22-4-6-25-8-9-26-7-5-23-21-13-16-10-17(14-21)12-18(11-16)15-21/h16-18,23H,4-15H2,1-3H3,(H,22,24). The SMILES string of the molecule is CC(C)(C)OC(=O)NCCOCCOCCNC12CC3CC(CC(C3)C1)C2. The van der Waals surface area contributed by atoms with Crippen molar-refractivity contribution in [3.8, 4) is 0 Å². The van der Waals surface area contributed by atoms with Crippen LogP contribution in [0.3, 0.4) is 0 Å². The van der Waals surface area contributed by atoms with Crippen LogP contribution in [0.1, 0.15) is 59.3 Å². The minimum atomic E-state index is -0.469. The Hall–Kier alpha value is -0.850. The van der Waals surface area contributed by atoms with Crippen LogP contribution in [0.4, 0.5) is 4.79 Å². The van der Waals surface area contributed by atoms with Gasteiger partial charge in [-0.05, 0) is 77.0 Å². The summed E-state index contributed by atoms with van der Waals surface area (Å²) in [6.45, 7) is 9.27. The van der Waals surface area contributed by atoms with Crippen LogP contribution in [0.5, 0.6) is 0 Å². The van der Waals surface area contributed by atoms with Crippen molar-refractivity contribution < 1.29 is 19.0 Å². The molecule has 4 saturated carbocycles. The molecule has 4 aliphatic carbocycles. The van der Waals surface area contributed by atoms with E-state index in [1.165, 1.54) is 38.5 Å². The minimum Gasteiger partial charge on any atom is -0.444 e. The van der Waals surface area contributed by atoms with Crippen molar-refractivity contribution in [2.24, 2.45) is 17.8 Å². The molecular formula is C21H38N2O4. The van der Waals surface area contributed by atoms with Gasteiger partial charge in [-0.25, -0.2) is 4.79 Å². The molecule has 0 unspecified atom stereocenters. The molecule has 6 nitrogen and oxygen atoms in total. The number of amides is 1. The van der Waals surface area contributed by atoms with Crippen LogP contribution in [-0.4, -0.2) is 56.8 Å². The monoisotopic (exact) mass is 382 g/mol. The highest BCUT2D eigenvalue weighted by molar-refractivity contribution is 5.67. The van der Waals surface area contributed by atoms with Gasteiger partial charge in [-0.15, -0.1) is 0 Å². The summed E-state index contributed by atoms with van der Waals surface area (Å²) in [5.74, 6) is 2.94. The van der Waals surface area contributed by atoms with Crippen molar-refractivity contribution >= 4 is 6.09 Å².